The van der Waals surface area contributed by atoms with E-state index in [4.69, 9.17) is 5.73 Å². The number of hydrogen-bond acceptors (Lipinski definition) is 4. The predicted octanol–water partition coefficient (Wildman–Crippen LogP) is 4.44. The van der Waals surface area contributed by atoms with E-state index in [1.807, 2.05) is 6.92 Å². The Labute approximate surface area is 180 Å². The molecule has 1 aromatic heterocycles. The fourth-order valence-corrected chi connectivity index (χ4v) is 8.70. The van der Waals surface area contributed by atoms with Gasteiger partial charge in [-0.25, -0.2) is 0 Å². The minimum atomic E-state index is -0.471. The number of Topliss-reactive ketones (excluding diaryl/α,β-unsaturated/α-hetero) is 1. The van der Waals surface area contributed by atoms with E-state index in [9.17, 15) is 9.90 Å². The molecule has 0 spiro atoms. The van der Waals surface area contributed by atoms with Crippen molar-refractivity contribution in [3.8, 4) is 0 Å². The molecule has 0 unspecified atom stereocenters. The lowest BCUT2D eigenvalue weighted by atomic mass is 9.44. The van der Waals surface area contributed by atoms with E-state index >= 15 is 0 Å². The highest BCUT2D eigenvalue weighted by molar-refractivity contribution is 5.82. The van der Waals surface area contributed by atoms with Crippen molar-refractivity contribution in [1.29, 1.82) is 0 Å². The van der Waals surface area contributed by atoms with E-state index in [0.29, 0.717) is 35.3 Å². The Hall–Kier alpha value is -1.36. The summed E-state index contributed by atoms with van der Waals surface area (Å²) in [5.74, 6) is 3.36. The Morgan fingerprint density at radius 3 is 2.60 bits per heavy atom. The fourth-order valence-electron chi connectivity index (χ4n) is 8.70. The first-order valence-electron chi connectivity index (χ1n) is 12.2. The number of anilines is 1. The first kappa shape index (κ1) is 20.5. The second-order valence-electron chi connectivity index (χ2n) is 12.0. The molecule has 5 heteroatoms. The molecular weight excluding hydrogens is 374 g/mol. The van der Waals surface area contributed by atoms with Crippen LogP contribution in [0.25, 0.3) is 0 Å². The molecule has 0 amide bonds. The van der Waals surface area contributed by atoms with Crippen molar-refractivity contribution in [3.63, 3.8) is 0 Å². The summed E-state index contributed by atoms with van der Waals surface area (Å²) < 4.78 is 1.71. The van der Waals surface area contributed by atoms with Gasteiger partial charge in [-0.3, -0.25) is 9.48 Å². The first-order valence-corrected chi connectivity index (χ1v) is 12.2. The highest BCUT2D eigenvalue weighted by Crippen LogP contribution is 2.68. The Bertz CT molecular complexity index is 832. The standard InChI is InChI=1S/C25H39N3O2/c1-23(30)10-11-24(2)16(12-23)4-5-18-19-6-7-21(25(19,3)9-8-20(18)24)22(29)15-28-14-17(26)13-27-28/h13-14,16,18-21,30H,4-12,15,26H2,1-3H3/t16-,18+,19+,20+,21-,23-,24+,25+/m1/s1. The maximum absolute atomic E-state index is 13.3. The van der Waals surface area contributed by atoms with E-state index in [1.165, 1.54) is 38.5 Å². The number of fused-ring (bicyclic) bond motifs is 5. The van der Waals surface area contributed by atoms with Gasteiger partial charge in [0.25, 0.3) is 0 Å². The van der Waals surface area contributed by atoms with Gasteiger partial charge in [-0.2, -0.15) is 5.10 Å². The Morgan fingerprint density at radius 1 is 1.10 bits per heavy atom. The maximum atomic E-state index is 13.3. The van der Waals surface area contributed by atoms with Crippen LogP contribution in [0.15, 0.2) is 12.4 Å². The van der Waals surface area contributed by atoms with Gasteiger partial charge in [-0.15, -0.1) is 0 Å². The van der Waals surface area contributed by atoms with Gasteiger partial charge in [0.15, 0.2) is 5.78 Å². The summed E-state index contributed by atoms with van der Waals surface area (Å²) in [7, 11) is 0. The number of carbonyl (C=O) groups is 1. The van der Waals surface area contributed by atoms with Crippen molar-refractivity contribution in [3.05, 3.63) is 12.4 Å². The third-order valence-electron chi connectivity index (χ3n) is 10.3. The topological polar surface area (TPSA) is 81.1 Å². The summed E-state index contributed by atoms with van der Waals surface area (Å²) in [5.41, 5.74) is 6.45. The highest BCUT2D eigenvalue weighted by Gasteiger charge is 2.61. The summed E-state index contributed by atoms with van der Waals surface area (Å²) in [4.78, 5) is 13.3. The number of nitrogen functional groups attached to an aromatic ring is 1. The van der Waals surface area contributed by atoms with Crippen LogP contribution >= 0.6 is 0 Å². The average molecular weight is 414 g/mol. The summed E-state index contributed by atoms with van der Waals surface area (Å²) >= 11 is 0. The minimum absolute atomic E-state index is 0.139. The van der Waals surface area contributed by atoms with E-state index in [-0.39, 0.29) is 11.3 Å². The molecule has 1 heterocycles. The van der Waals surface area contributed by atoms with Crippen LogP contribution in [0.3, 0.4) is 0 Å². The molecule has 4 aliphatic rings. The molecule has 4 aliphatic carbocycles. The summed E-state index contributed by atoms with van der Waals surface area (Å²) in [6.45, 7) is 7.34. The van der Waals surface area contributed by atoms with Crippen LogP contribution in [0, 0.1) is 40.4 Å². The minimum Gasteiger partial charge on any atom is -0.396 e. The van der Waals surface area contributed by atoms with Gasteiger partial charge < -0.3 is 10.8 Å². The van der Waals surface area contributed by atoms with Crippen LogP contribution in [-0.2, 0) is 11.3 Å². The van der Waals surface area contributed by atoms with Crippen molar-refractivity contribution in [2.24, 2.45) is 40.4 Å². The molecule has 4 saturated carbocycles. The third-order valence-corrected chi connectivity index (χ3v) is 10.3. The van der Waals surface area contributed by atoms with Gasteiger partial charge in [-0.1, -0.05) is 13.8 Å². The Morgan fingerprint density at radius 2 is 1.87 bits per heavy atom. The number of ketones is 1. The molecule has 30 heavy (non-hydrogen) atoms. The van der Waals surface area contributed by atoms with Crippen LogP contribution in [0.2, 0.25) is 0 Å². The van der Waals surface area contributed by atoms with Gasteiger partial charge >= 0.3 is 0 Å². The Kier molecular flexibility index (Phi) is 4.67. The average Bonchev–Trinajstić information content (AvgIpc) is 3.24. The van der Waals surface area contributed by atoms with E-state index in [1.54, 1.807) is 17.1 Å². The molecule has 1 aromatic rings. The number of carbonyl (C=O) groups excluding carboxylic acids is 1. The molecule has 0 aliphatic heterocycles. The lowest BCUT2D eigenvalue weighted by Crippen LogP contribution is -2.55. The number of rotatable bonds is 3. The Balaban J connectivity index is 1.34. The smallest absolute Gasteiger partial charge is 0.157 e. The molecule has 4 fully saturated rings. The van der Waals surface area contributed by atoms with Crippen molar-refractivity contribution < 1.29 is 9.90 Å². The van der Waals surface area contributed by atoms with Gasteiger partial charge in [0.05, 0.1) is 24.0 Å². The number of nitrogens with two attached hydrogens (primary N) is 1. The second-order valence-corrected chi connectivity index (χ2v) is 12.0. The maximum Gasteiger partial charge on any atom is 0.157 e. The molecule has 0 aromatic carbocycles. The van der Waals surface area contributed by atoms with Crippen molar-refractivity contribution >= 4 is 11.5 Å². The highest BCUT2D eigenvalue weighted by atomic mass is 16.3. The summed E-state index contributed by atoms with van der Waals surface area (Å²) in [5, 5.41) is 14.9. The lowest BCUT2D eigenvalue weighted by Gasteiger charge is -2.61. The van der Waals surface area contributed by atoms with Crippen LogP contribution in [0.5, 0.6) is 0 Å². The summed E-state index contributed by atoms with van der Waals surface area (Å²) in [6.07, 6.45) is 13.7. The fraction of sp³-hybridized carbons (Fsp3) is 0.840. The molecule has 0 bridgehead atoms. The lowest BCUT2D eigenvalue weighted by molar-refractivity contribution is -0.151. The third kappa shape index (κ3) is 3.06. The zero-order chi connectivity index (χ0) is 21.3. The molecule has 0 saturated heterocycles. The molecule has 5 nitrogen and oxygen atoms in total. The van der Waals surface area contributed by atoms with Crippen LogP contribution in [-0.4, -0.2) is 26.3 Å². The largest absolute Gasteiger partial charge is 0.396 e. The van der Waals surface area contributed by atoms with Crippen LogP contribution in [0.1, 0.15) is 78.6 Å². The molecular formula is C25H39N3O2. The van der Waals surface area contributed by atoms with E-state index < -0.39 is 5.60 Å². The van der Waals surface area contributed by atoms with Crippen LogP contribution in [0.4, 0.5) is 5.69 Å². The molecule has 3 N–H and O–H groups in total. The van der Waals surface area contributed by atoms with Crippen molar-refractivity contribution in [2.75, 3.05) is 5.73 Å². The van der Waals surface area contributed by atoms with Gasteiger partial charge in [-0.05, 0) is 99.2 Å². The normalized spacial score (nSPS) is 47.9. The van der Waals surface area contributed by atoms with E-state index in [2.05, 4.69) is 18.9 Å². The van der Waals surface area contributed by atoms with Crippen molar-refractivity contribution in [2.45, 2.75) is 90.7 Å². The number of hydrogen-bond donors (Lipinski definition) is 2. The molecule has 166 valence electrons. The van der Waals surface area contributed by atoms with Crippen LogP contribution < -0.4 is 5.73 Å². The summed E-state index contributed by atoms with van der Waals surface area (Å²) in [6, 6.07) is 0. The molecule has 0 radical (unpaired) electrons. The number of nitrogens with zero attached hydrogens (tertiary/aromatic N) is 2. The second kappa shape index (κ2) is 6.82. The first-order chi connectivity index (χ1) is 14.1. The quantitative estimate of drug-likeness (QED) is 0.767. The number of aliphatic hydroxyl groups is 1. The molecule has 5 rings (SSSR count). The monoisotopic (exact) mass is 413 g/mol. The zero-order valence-electron chi connectivity index (χ0n) is 18.9. The van der Waals surface area contributed by atoms with Gasteiger partial charge in [0.1, 0.15) is 0 Å². The van der Waals surface area contributed by atoms with Crippen molar-refractivity contribution in [1.82, 2.24) is 9.78 Å². The number of aromatic nitrogens is 2. The van der Waals surface area contributed by atoms with Gasteiger partial charge in [0.2, 0.25) is 0 Å². The van der Waals surface area contributed by atoms with Gasteiger partial charge in [0, 0.05) is 12.1 Å². The zero-order valence-corrected chi connectivity index (χ0v) is 18.9. The molecule has 8 atom stereocenters. The van der Waals surface area contributed by atoms with E-state index in [0.717, 1.165) is 31.1 Å². The predicted molar refractivity (Wildman–Crippen MR) is 117 cm³/mol. The SMILES string of the molecule is C[C@@]1(O)CC[C@@]2(C)[C@H](CC[C@@H]3[C@@H]2CC[C@]2(C)[C@@H](C(=O)Cn4cc(N)cn4)CC[C@@H]32)C1.